The van der Waals surface area contributed by atoms with Gasteiger partial charge in [0, 0.05) is 12.5 Å². The van der Waals surface area contributed by atoms with Crippen LogP contribution in [0, 0.1) is 17.6 Å². The molecule has 1 fully saturated rings. The van der Waals surface area contributed by atoms with Gasteiger partial charge in [-0.2, -0.15) is 0 Å². The van der Waals surface area contributed by atoms with E-state index in [9.17, 15) is 18.4 Å². The second-order valence-electron chi connectivity index (χ2n) is 6.15. The zero-order chi connectivity index (χ0) is 18.8. The summed E-state index contributed by atoms with van der Waals surface area (Å²) in [4.78, 5) is 23.3. The van der Waals surface area contributed by atoms with Crippen LogP contribution in [0.5, 0.6) is 5.75 Å². The second kappa shape index (κ2) is 7.11. The third-order valence-corrected chi connectivity index (χ3v) is 4.47. The Hall–Kier alpha value is -2.96. The molecular formula is C19H17F2NO4. The molecule has 2 aromatic carbocycles. The van der Waals surface area contributed by atoms with Crippen LogP contribution in [-0.2, 0) is 11.3 Å². The first-order valence-electron chi connectivity index (χ1n) is 8.04. The van der Waals surface area contributed by atoms with Crippen molar-refractivity contribution in [3.8, 4) is 5.75 Å². The van der Waals surface area contributed by atoms with E-state index in [2.05, 4.69) is 5.32 Å². The van der Waals surface area contributed by atoms with Crippen molar-refractivity contribution >= 4 is 11.9 Å². The molecule has 0 unspecified atom stereocenters. The lowest BCUT2D eigenvalue weighted by molar-refractivity contribution is -0.122. The quantitative estimate of drug-likeness (QED) is 0.829. The maximum Gasteiger partial charge on any atom is 0.339 e. The molecule has 26 heavy (non-hydrogen) atoms. The van der Waals surface area contributed by atoms with Gasteiger partial charge in [0.05, 0.1) is 7.11 Å². The predicted octanol–water partition coefficient (Wildman–Crippen LogP) is 3.09. The highest BCUT2D eigenvalue weighted by molar-refractivity contribution is 5.91. The summed E-state index contributed by atoms with van der Waals surface area (Å²) in [5, 5.41) is 11.8. The summed E-state index contributed by atoms with van der Waals surface area (Å²) < 4.78 is 32.1. The summed E-state index contributed by atoms with van der Waals surface area (Å²) >= 11 is 0. The monoisotopic (exact) mass is 361 g/mol. The van der Waals surface area contributed by atoms with Crippen LogP contribution in [0.25, 0.3) is 0 Å². The van der Waals surface area contributed by atoms with Crippen LogP contribution >= 0.6 is 0 Å². The van der Waals surface area contributed by atoms with Gasteiger partial charge in [0.1, 0.15) is 11.3 Å². The van der Waals surface area contributed by atoms with Crippen LogP contribution in [0.15, 0.2) is 36.4 Å². The lowest BCUT2D eigenvalue weighted by atomic mass is 10.1. The normalized spacial score (nSPS) is 18.3. The van der Waals surface area contributed by atoms with Gasteiger partial charge in [-0.15, -0.1) is 0 Å². The van der Waals surface area contributed by atoms with Crippen molar-refractivity contribution in [1.29, 1.82) is 0 Å². The molecule has 1 aliphatic rings. The number of rotatable bonds is 6. The van der Waals surface area contributed by atoms with E-state index in [4.69, 9.17) is 9.84 Å². The van der Waals surface area contributed by atoms with Gasteiger partial charge in [0.2, 0.25) is 5.91 Å². The molecule has 0 aliphatic heterocycles. The number of halogens is 2. The fourth-order valence-corrected chi connectivity index (χ4v) is 2.98. The Bertz CT molecular complexity index is 869. The molecule has 0 aromatic heterocycles. The van der Waals surface area contributed by atoms with E-state index in [-0.39, 0.29) is 35.2 Å². The van der Waals surface area contributed by atoms with Crippen LogP contribution < -0.4 is 10.1 Å². The topological polar surface area (TPSA) is 75.6 Å². The number of amides is 1. The SMILES string of the molecule is COc1cc(CNC(=O)[C@H]2C[C@@H]2c2cccc(F)c2F)ccc1C(=O)O. The van der Waals surface area contributed by atoms with Crippen molar-refractivity contribution < 1.29 is 28.2 Å². The summed E-state index contributed by atoms with van der Waals surface area (Å²) in [5.74, 6) is -3.69. The van der Waals surface area contributed by atoms with Crippen molar-refractivity contribution in [2.75, 3.05) is 7.11 Å². The van der Waals surface area contributed by atoms with Gasteiger partial charge in [0.25, 0.3) is 0 Å². The molecule has 136 valence electrons. The van der Waals surface area contributed by atoms with Crippen LogP contribution in [0.4, 0.5) is 8.78 Å². The minimum absolute atomic E-state index is 0.0337. The highest BCUT2D eigenvalue weighted by Gasteiger charge is 2.45. The maximum absolute atomic E-state index is 13.8. The lowest BCUT2D eigenvalue weighted by Crippen LogP contribution is -2.25. The number of benzene rings is 2. The molecule has 0 bridgehead atoms. The molecule has 3 rings (SSSR count). The maximum atomic E-state index is 13.8. The van der Waals surface area contributed by atoms with Crippen LogP contribution in [-0.4, -0.2) is 24.1 Å². The van der Waals surface area contributed by atoms with Crippen LogP contribution in [0.2, 0.25) is 0 Å². The van der Waals surface area contributed by atoms with E-state index in [0.717, 1.165) is 6.07 Å². The third-order valence-electron chi connectivity index (χ3n) is 4.47. The predicted molar refractivity (Wildman–Crippen MR) is 89.0 cm³/mol. The van der Waals surface area contributed by atoms with Crippen LogP contribution in [0.3, 0.4) is 0 Å². The summed E-state index contributed by atoms with van der Waals surface area (Å²) in [7, 11) is 1.37. The molecule has 5 nitrogen and oxygen atoms in total. The third kappa shape index (κ3) is 3.51. The molecule has 2 atom stereocenters. The van der Waals surface area contributed by atoms with E-state index in [0.29, 0.717) is 12.0 Å². The van der Waals surface area contributed by atoms with Crippen LogP contribution in [0.1, 0.15) is 33.8 Å². The first-order chi connectivity index (χ1) is 12.4. The number of aromatic carboxylic acids is 1. The molecule has 1 aliphatic carbocycles. The Balaban J connectivity index is 1.62. The van der Waals surface area contributed by atoms with Crippen molar-refractivity contribution in [3.05, 3.63) is 64.7 Å². The number of carbonyl (C=O) groups is 2. The van der Waals surface area contributed by atoms with Crippen molar-refractivity contribution in [2.45, 2.75) is 18.9 Å². The molecule has 0 radical (unpaired) electrons. The fourth-order valence-electron chi connectivity index (χ4n) is 2.98. The summed E-state index contributed by atoms with van der Waals surface area (Å²) in [6.45, 7) is 0.184. The van der Waals surface area contributed by atoms with Gasteiger partial charge in [0.15, 0.2) is 11.6 Å². The number of carboxylic acids is 1. The number of ether oxygens (including phenoxy) is 1. The highest BCUT2D eigenvalue weighted by atomic mass is 19.2. The number of carboxylic acid groups (broad SMARTS) is 1. The number of methoxy groups -OCH3 is 1. The molecule has 1 saturated carbocycles. The Morgan fingerprint density at radius 2 is 2.04 bits per heavy atom. The number of hydrogen-bond donors (Lipinski definition) is 2. The van der Waals surface area contributed by atoms with Gasteiger partial charge in [-0.25, -0.2) is 13.6 Å². The lowest BCUT2D eigenvalue weighted by Gasteiger charge is -2.09. The summed E-state index contributed by atoms with van der Waals surface area (Å²) in [5.41, 5.74) is 0.929. The fraction of sp³-hybridized carbons (Fsp3) is 0.263. The minimum Gasteiger partial charge on any atom is -0.496 e. The molecular weight excluding hydrogens is 344 g/mol. The van der Waals surface area contributed by atoms with E-state index in [1.54, 1.807) is 12.1 Å². The molecule has 0 saturated heterocycles. The average Bonchev–Trinajstić information content (AvgIpc) is 3.42. The largest absolute Gasteiger partial charge is 0.496 e. The van der Waals surface area contributed by atoms with E-state index < -0.39 is 23.5 Å². The van der Waals surface area contributed by atoms with Gasteiger partial charge in [-0.1, -0.05) is 18.2 Å². The van der Waals surface area contributed by atoms with Gasteiger partial charge < -0.3 is 15.2 Å². The molecule has 2 N–H and O–H groups in total. The smallest absolute Gasteiger partial charge is 0.339 e. The minimum atomic E-state index is -1.10. The second-order valence-corrected chi connectivity index (χ2v) is 6.15. The molecule has 1 amide bonds. The Morgan fingerprint density at radius 1 is 1.27 bits per heavy atom. The standard InChI is InChI=1S/C19H17F2NO4/c1-26-16-7-10(5-6-12(16)19(24)25)9-22-18(23)14-8-13(14)11-3-2-4-15(20)17(11)21/h2-7,13-14H,8-9H2,1H3,(H,22,23)(H,24,25)/t13-,14+/m1/s1. The molecule has 7 heteroatoms. The van der Waals surface area contributed by atoms with E-state index in [1.165, 1.54) is 25.3 Å². The summed E-state index contributed by atoms with van der Waals surface area (Å²) in [6.07, 6.45) is 0.466. The van der Waals surface area contributed by atoms with Gasteiger partial charge in [-0.3, -0.25) is 4.79 Å². The van der Waals surface area contributed by atoms with Crippen molar-refractivity contribution in [3.63, 3.8) is 0 Å². The Morgan fingerprint density at radius 3 is 2.73 bits per heavy atom. The van der Waals surface area contributed by atoms with Gasteiger partial charge in [-0.05, 0) is 41.7 Å². The first-order valence-corrected chi connectivity index (χ1v) is 8.04. The van der Waals surface area contributed by atoms with E-state index in [1.807, 2.05) is 0 Å². The molecule has 0 spiro atoms. The first kappa shape index (κ1) is 17.8. The van der Waals surface area contributed by atoms with Gasteiger partial charge >= 0.3 is 5.97 Å². The van der Waals surface area contributed by atoms with E-state index >= 15 is 0 Å². The number of hydrogen-bond acceptors (Lipinski definition) is 3. The number of carbonyl (C=O) groups excluding carboxylic acids is 1. The van der Waals surface area contributed by atoms with Crippen molar-refractivity contribution in [1.82, 2.24) is 5.32 Å². The number of nitrogens with one attached hydrogen (secondary N) is 1. The Labute approximate surface area is 148 Å². The average molecular weight is 361 g/mol. The molecule has 0 heterocycles. The Kier molecular flexibility index (Phi) is 4.88. The zero-order valence-corrected chi connectivity index (χ0v) is 14.0. The summed E-state index contributed by atoms with van der Waals surface area (Å²) in [6, 6.07) is 8.50. The molecule has 2 aromatic rings. The van der Waals surface area contributed by atoms with Crippen molar-refractivity contribution in [2.24, 2.45) is 5.92 Å². The zero-order valence-electron chi connectivity index (χ0n) is 14.0. The highest BCUT2D eigenvalue weighted by Crippen LogP contribution is 2.48.